The average Bonchev–Trinajstić information content (AvgIpc) is 2.43. The lowest BCUT2D eigenvalue weighted by Gasteiger charge is -2.16. The lowest BCUT2D eigenvalue weighted by atomic mass is 10.1. The summed E-state index contributed by atoms with van der Waals surface area (Å²) in [5.41, 5.74) is 6.77. The van der Waals surface area contributed by atoms with Crippen LogP contribution in [0.1, 0.15) is 46.1 Å². The number of ether oxygens (including phenoxy) is 2. The standard InChI is InChI=1S/C18H29NO2S/c1-13(2)11-20-16-9-8-15(6-5-7-18(19)22)10-17(16)21-12-14(3)4/h8-10,13-14H,5-7,11-12H2,1-4H3,(H2,19,22). The van der Waals surface area contributed by atoms with Crippen molar-refractivity contribution in [1.82, 2.24) is 0 Å². The number of benzene rings is 1. The first-order chi connectivity index (χ1) is 10.4. The minimum Gasteiger partial charge on any atom is -0.489 e. The molecule has 0 aliphatic carbocycles. The van der Waals surface area contributed by atoms with Crippen LogP contribution in [0.2, 0.25) is 0 Å². The van der Waals surface area contributed by atoms with Crippen molar-refractivity contribution >= 4 is 17.2 Å². The molecule has 0 bridgehead atoms. The summed E-state index contributed by atoms with van der Waals surface area (Å²) >= 11 is 4.92. The van der Waals surface area contributed by atoms with Crippen molar-refractivity contribution in [2.45, 2.75) is 47.0 Å². The summed E-state index contributed by atoms with van der Waals surface area (Å²) in [4.78, 5) is 0.577. The summed E-state index contributed by atoms with van der Waals surface area (Å²) in [6.07, 6.45) is 2.69. The van der Waals surface area contributed by atoms with E-state index in [4.69, 9.17) is 27.4 Å². The molecule has 124 valence electrons. The van der Waals surface area contributed by atoms with E-state index in [-0.39, 0.29) is 0 Å². The molecule has 4 heteroatoms. The zero-order valence-electron chi connectivity index (χ0n) is 14.2. The quantitative estimate of drug-likeness (QED) is 0.650. The molecule has 0 aliphatic heterocycles. The summed E-state index contributed by atoms with van der Waals surface area (Å²) in [6, 6.07) is 6.18. The van der Waals surface area contributed by atoms with Gasteiger partial charge in [0.2, 0.25) is 0 Å². The second-order valence-corrected chi connectivity index (χ2v) is 7.04. The van der Waals surface area contributed by atoms with E-state index >= 15 is 0 Å². The minimum atomic E-state index is 0.483. The van der Waals surface area contributed by atoms with Gasteiger partial charge in [-0.05, 0) is 48.8 Å². The highest BCUT2D eigenvalue weighted by Gasteiger charge is 2.09. The maximum absolute atomic E-state index is 5.92. The Morgan fingerprint density at radius 2 is 1.64 bits per heavy atom. The van der Waals surface area contributed by atoms with Gasteiger partial charge in [-0.15, -0.1) is 0 Å². The zero-order valence-corrected chi connectivity index (χ0v) is 15.0. The number of hydrogen-bond donors (Lipinski definition) is 1. The normalized spacial score (nSPS) is 11.0. The Morgan fingerprint density at radius 1 is 1.05 bits per heavy atom. The number of thiocarbonyl (C=S) groups is 1. The first-order valence-corrected chi connectivity index (χ1v) is 8.46. The van der Waals surface area contributed by atoms with Gasteiger partial charge in [0.25, 0.3) is 0 Å². The van der Waals surface area contributed by atoms with E-state index in [2.05, 4.69) is 39.8 Å². The van der Waals surface area contributed by atoms with Gasteiger partial charge in [0.15, 0.2) is 11.5 Å². The van der Waals surface area contributed by atoms with Crippen LogP contribution in [-0.2, 0) is 6.42 Å². The van der Waals surface area contributed by atoms with Crippen LogP contribution in [0.4, 0.5) is 0 Å². The summed E-state index contributed by atoms with van der Waals surface area (Å²) in [6.45, 7) is 9.94. The van der Waals surface area contributed by atoms with Crippen molar-refractivity contribution in [3.63, 3.8) is 0 Å². The maximum Gasteiger partial charge on any atom is 0.161 e. The fraction of sp³-hybridized carbons (Fsp3) is 0.611. The Labute approximate surface area is 140 Å². The van der Waals surface area contributed by atoms with Crippen molar-refractivity contribution in [2.24, 2.45) is 17.6 Å². The fourth-order valence-electron chi connectivity index (χ4n) is 1.92. The number of aryl methyl sites for hydroxylation is 1. The maximum atomic E-state index is 5.92. The van der Waals surface area contributed by atoms with Gasteiger partial charge in [0.1, 0.15) is 0 Å². The SMILES string of the molecule is CC(C)COc1ccc(CCCC(N)=S)cc1OCC(C)C. The molecule has 1 aromatic rings. The largest absolute Gasteiger partial charge is 0.489 e. The van der Waals surface area contributed by atoms with Gasteiger partial charge in [-0.25, -0.2) is 0 Å². The van der Waals surface area contributed by atoms with Crippen LogP contribution < -0.4 is 15.2 Å². The van der Waals surface area contributed by atoms with E-state index in [9.17, 15) is 0 Å². The van der Waals surface area contributed by atoms with E-state index in [1.165, 1.54) is 5.56 Å². The molecule has 0 unspecified atom stereocenters. The third-order valence-electron chi connectivity index (χ3n) is 3.04. The topological polar surface area (TPSA) is 44.5 Å². The Bertz CT molecular complexity index is 472. The van der Waals surface area contributed by atoms with Crippen LogP contribution in [0, 0.1) is 11.8 Å². The molecule has 2 N–H and O–H groups in total. The van der Waals surface area contributed by atoms with E-state index in [1.807, 2.05) is 6.07 Å². The number of nitrogens with two attached hydrogens (primary N) is 1. The summed E-state index contributed by atoms with van der Waals surface area (Å²) in [5, 5.41) is 0. The van der Waals surface area contributed by atoms with E-state index < -0.39 is 0 Å². The highest BCUT2D eigenvalue weighted by atomic mass is 32.1. The molecule has 0 heterocycles. The molecule has 0 spiro atoms. The van der Waals surface area contributed by atoms with Gasteiger partial charge in [0.05, 0.1) is 18.2 Å². The molecule has 0 amide bonds. The van der Waals surface area contributed by atoms with Crippen LogP contribution in [0.5, 0.6) is 11.5 Å². The van der Waals surface area contributed by atoms with Crippen molar-refractivity contribution in [3.8, 4) is 11.5 Å². The molecule has 0 atom stereocenters. The summed E-state index contributed by atoms with van der Waals surface area (Å²) in [7, 11) is 0. The minimum absolute atomic E-state index is 0.483. The van der Waals surface area contributed by atoms with Gasteiger partial charge < -0.3 is 15.2 Å². The van der Waals surface area contributed by atoms with Crippen molar-refractivity contribution in [1.29, 1.82) is 0 Å². The lowest BCUT2D eigenvalue weighted by molar-refractivity contribution is 0.229. The predicted octanol–water partition coefficient (Wildman–Crippen LogP) is 4.37. The Hall–Kier alpha value is -1.29. The van der Waals surface area contributed by atoms with E-state index in [0.717, 1.165) is 30.8 Å². The van der Waals surface area contributed by atoms with Crippen LogP contribution in [0.25, 0.3) is 0 Å². The van der Waals surface area contributed by atoms with Gasteiger partial charge >= 0.3 is 0 Å². The lowest BCUT2D eigenvalue weighted by Crippen LogP contribution is -2.09. The smallest absolute Gasteiger partial charge is 0.161 e. The van der Waals surface area contributed by atoms with Crippen molar-refractivity contribution in [2.75, 3.05) is 13.2 Å². The fourth-order valence-corrected chi connectivity index (χ4v) is 2.06. The Kier molecular flexibility index (Phi) is 8.25. The van der Waals surface area contributed by atoms with Crippen molar-refractivity contribution in [3.05, 3.63) is 23.8 Å². The predicted molar refractivity (Wildman–Crippen MR) is 96.8 cm³/mol. The Morgan fingerprint density at radius 3 is 2.18 bits per heavy atom. The van der Waals surface area contributed by atoms with Crippen LogP contribution >= 0.6 is 12.2 Å². The molecule has 0 aromatic heterocycles. The Balaban J connectivity index is 2.75. The third-order valence-corrected chi connectivity index (χ3v) is 3.25. The number of rotatable bonds is 10. The highest BCUT2D eigenvalue weighted by Crippen LogP contribution is 2.30. The molecule has 3 nitrogen and oxygen atoms in total. The van der Waals surface area contributed by atoms with Crippen LogP contribution in [0.15, 0.2) is 18.2 Å². The summed E-state index contributed by atoms with van der Waals surface area (Å²) in [5.74, 6) is 2.63. The average molecular weight is 324 g/mol. The van der Waals surface area contributed by atoms with Crippen molar-refractivity contribution < 1.29 is 9.47 Å². The molecular weight excluding hydrogens is 294 g/mol. The highest BCUT2D eigenvalue weighted by molar-refractivity contribution is 7.80. The number of hydrogen-bond acceptors (Lipinski definition) is 3. The zero-order chi connectivity index (χ0) is 16.5. The molecule has 1 rings (SSSR count). The third kappa shape index (κ3) is 7.64. The van der Waals surface area contributed by atoms with Gasteiger partial charge in [-0.3, -0.25) is 0 Å². The molecule has 0 saturated carbocycles. The van der Waals surface area contributed by atoms with E-state index in [1.54, 1.807) is 0 Å². The molecule has 1 aromatic carbocycles. The molecule has 0 saturated heterocycles. The van der Waals surface area contributed by atoms with Gasteiger partial charge in [0, 0.05) is 0 Å². The summed E-state index contributed by atoms with van der Waals surface area (Å²) < 4.78 is 11.8. The molecule has 0 aliphatic rings. The first kappa shape index (κ1) is 18.8. The molecular formula is C18H29NO2S. The molecule has 22 heavy (non-hydrogen) atoms. The van der Waals surface area contributed by atoms with Crippen LogP contribution in [-0.4, -0.2) is 18.2 Å². The molecule has 0 fully saturated rings. The second-order valence-electron chi connectivity index (χ2n) is 6.51. The van der Waals surface area contributed by atoms with Gasteiger partial charge in [-0.1, -0.05) is 46.0 Å². The first-order valence-electron chi connectivity index (χ1n) is 8.05. The van der Waals surface area contributed by atoms with Crippen LogP contribution in [0.3, 0.4) is 0 Å². The second kappa shape index (κ2) is 9.67. The van der Waals surface area contributed by atoms with E-state index in [0.29, 0.717) is 30.0 Å². The monoisotopic (exact) mass is 323 g/mol. The molecule has 0 radical (unpaired) electrons. The van der Waals surface area contributed by atoms with Gasteiger partial charge in [-0.2, -0.15) is 0 Å².